The maximum absolute atomic E-state index is 12.9. The second-order valence-corrected chi connectivity index (χ2v) is 9.25. The van der Waals surface area contributed by atoms with Crippen molar-refractivity contribution < 1.29 is 8.42 Å². The third-order valence-corrected chi connectivity index (χ3v) is 6.98. The summed E-state index contributed by atoms with van der Waals surface area (Å²) < 4.78 is 27.4. The lowest BCUT2D eigenvalue weighted by Crippen LogP contribution is -2.39. The molecule has 1 atom stereocenters. The summed E-state index contributed by atoms with van der Waals surface area (Å²) in [6.45, 7) is 0.529. The van der Waals surface area contributed by atoms with Crippen molar-refractivity contribution in [3.8, 4) is 0 Å². The van der Waals surface area contributed by atoms with E-state index in [1.807, 2.05) is 5.38 Å². The number of hydrogen-bond acceptors (Lipinski definition) is 4. The molecule has 1 saturated heterocycles. The number of halogens is 2. The van der Waals surface area contributed by atoms with Crippen LogP contribution in [0.25, 0.3) is 0 Å². The summed E-state index contributed by atoms with van der Waals surface area (Å²) >= 11 is 13.4. The molecule has 0 spiro atoms. The number of thiazole rings is 1. The number of aromatic nitrogens is 1. The molecular formula is C15H16Cl2N2O2S2. The van der Waals surface area contributed by atoms with Crippen molar-refractivity contribution in [2.75, 3.05) is 6.54 Å². The quantitative estimate of drug-likeness (QED) is 0.771. The van der Waals surface area contributed by atoms with Crippen LogP contribution in [0, 0.1) is 0 Å². The number of benzene rings is 1. The molecular weight excluding hydrogens is 375 g/mol. The maximum Gasteiger partial charge on any atom is 0.218 e. The Kier molecular flexibility index (Phi) is 5.28. The van der Waals surface area contributed by atoms with E-state index in [2.05, 4.69) is 4.98 Å². The SMILES string of the molecule is O=S(=O)(Cc1cc(Cl)cc(Cl)c1)N1CCCC[C@H]1c1nccs1. The van der Waals surface area contributed by atoms with E-state index in [-0.39, 0.29) is 11.8 Å². The minimum Gasteiger partial charge on any atom is -0.248 e. The molecule has 3 rings (SSSR count). The predicted molar refractivity (Wildman–Crippen MR) is 94.5 cm³/mol. The van der Waals surface area contributed by atoms with Gasteiger partial charge in [0.25, 0.3) is 0 Å². The van der Waals surface area contributed by atoms with Gasteiger partial charge in [-0.25, -0.2) is 13.4 Å². The summed E-state index contributed by atoms with van der Waals surface area (Å²) in [6, 6.07) is 4.72. The normalized spacial score (nSPS) is 19.8. The first-order valence-corrected chi connectivity index (χ1v) is 10.5. The molecule has 124 valence electrons. The molecule has 0 radical (unpaired) electrons. The Labute approximate surface area is 150 Å². The first-order valence-electron chi connectivity index (χ1n) is 7.29. The summed E-state index contributed by atoms with van der Waals surface area (Å²) in [4.78, 5) is 4.31. The van der Waals surface area contributed by atoms with Crippen molar-refractivity contribution in [2.24, 2.45) is 0 Å². The van der Waals surface area contributed by atoms with Gasteiger partial charge in [0.05, 0.1) is 11.8 Å². The van der Waals surface area contributed by atoms with Crippen LogP contribution in [0.5, 0.6) is 0 Å². The van der Waals surface area contributed by atoms with Gasteiger partial charge in [-0.3, -0.25) is 0 Å². The summed E-state index contributed by atoms with van der Waals surface area (Å²) in [6.07, 6.45) is 4.41. The van der Waals surface area contributed by atoms with E-state index in [0.717, 1.165) is 24.3 Å². The van der Waals surface area contributed by atoms with Crippen LogP contribution in [0.15, 0.2) is 29.8 Å². The van der Waals surface area contributed by atoms with E-state index in [4.69, 9.17) is 23.2 Å². The van der Waals surface area contributed by atoms with Crippen LogP contribution in [0.1, 0.15) is 35.9 Å². The predicted octanol–water partition coefficient (Wildman–Crippen LogP) is 4.51. The van der Waals surface area contributed by atoms with E-state index < -0.39 is 10.0 Å². The molecule has 23 heavy (non-hydrogen) atoms. The van der Waals surface area contributed by atoms with Crippen LogP contribution < -0.4 is 0 Å². The Morgan fingerprint density at radius 3 is 2.61 bits per heavy atom. The van der Waals surface area contributed by atoms with Crippen molar-refractivity contribution in [2.45, 2.75) is 31.1 Å². The zero-order valence-corrected chi connectivity index (χ0v) is 15.4. The maximum atomic E-state index is 12.9. The van der Waals surface area contributed by atoms with Gasteiger partial charge in [0.15, 0.2) is 0 Å². The van der Waals surface area contributed by atoms with Crippen LogP contribution in [0.3, 0.4) is 0 Å². The second kappa shape index (κ2) is 7.07. The standard InChI is InChI=1S/C15H16Cl2N2O2S2/c16-12-7-11(8-13(17)9-12)10-23(20,21)19-5-2-1-3-14(19)15-18-4-6-22-15/h4,6-9,14H,1-3,5,10H2/t14-/m0/s1. The molecule has 1 fully saturated rings. The van der Waals surface area contributed by atoms with Gasteiger partial charge in [-0.2, -0.15) is 4.31 Å². The average molecular weight is 391 g/mol. The summed E-state index contributed by atoms with van der Waals surface area (Å²) in [5, 5.41) is 3.62. The number of sulfonamides is 1. The highest BCUT2D eigenvalue weighted by Gasteiger charge is 2.34. The fraction of sp³-hybridized carbons (Fsp3) is 0.400. The van der Waals surface area contributed by atoms with Crippen molar-refractivity contribution in [1.29, 1.82) is 0 Å². The van der Waals surface area contributed by atoms with Gasteiger partial charge in [0.2, 0.25) is 10.0 Å². The second-order valence-electron chi connectivity index (χ2n) is 5.53. The van der Waals surface area contributed by atoms with Gasteiger partial charge in [-0.1, -0.05) is 29.6 Å². The monoisotopic (exact) mass is 390 g/mol. The van der Waals surface area contributed by atoms with Gasteiger partial charge in [0, 0.05) is 28.2 Å². The lowest BCUT2D eigenvalue weighted by molar-refractivity contribution is 0.255. The van der Waals surface area contributed by atoms with Crippen molar-refractivity contribution in [1.82, 2.24) is 9.29 Å². The van der Waals surface area contributed by atoms with Crippen LogP contribution in [-0.4, -0.2) is 24.3 Å². The lowest BCUT2D eigenvalue weighted by Gasteiger charge is -2.33. The molecule has 0 unspecified atom stereocenters. The summed E-state index contributed by atoms with van der Waals surface area (Å²) in [5.74, 6) is -0.102. The molecule has 4 nitrogen and oxygen atoms in total. The molecule has 0 saturated carbocycles. The Balaban J connectivity index is 1.87. The minimum atomic E-state index is -3.46. The number of nitrogens with zero attached hydrogens (tertiary/aromatic N) is 2. The van der Waals surface area contributed by atoms with Crippen LogP contribution in [-0.2, 0) is 15.8 Å². The van der Waals surface area contributed by atoms with Crippen molar-refractivity contribution in [3.63, 3.8) is 0 Å². The molecule has 1 aromatic carbocycles. The van der Waals surface area contributed by atoms with Gasteiger partial charge < -0.3 is 0 Å². The fourth-order valence-electron chi connectivity index (χ4n) is 2.87. The fourth-order valence-corrected chi connectivity index (χ4v) is 6.05. The Bertz CT molecular complexity index is 759. The molecule has 0 bridgehead atoms. The van der Waals surface area contributed by atoms with Crippen LogP contribution in [0.2, 0.25) is 10.0 Å². The number of rotatable bonds is 4. The van der Waals surface area contributed by atoms with Crippen molar-refractivity contribution in [3.05, 3.63) is 50.4 Å². The highest BCUT2D eigenvalue weighted by atomic mass is 35.5. The van der Waals surface area contributed by atoms with Crippen LogP contribution >= 0.6 is 34.5 Å². The van der Waals surface area contributed by atoms with Gasteiger partial charge in [0.1, 0.15) is 5.01 Å². The van der Waals surface area contributed by atoms with Crippen molar-refractivity contribution >= 4 is 44.6 Å². The molecule has 1 aliphatic rings. The highest BCUT2D eigenvalue weighted by Crippen LogP contribution is 2.35. The molecule has 0 amide bonds. The molecule has 2 aromatic rings. The van der Waals surface area contributed by atoms with E-state index in [9.17, 15) is 8.42 Å². The van der Waals surface area contributed by atoms with Gasteiger partial charge in [-0.15, -0.1) is 11.3 Å². The number of piperidine rings is 1. The number of hydrogen-bond donors (Lipinski definition) is 0. The van der Waals surface area contributed by atoms with E-state index in [0.29, 0.717) is 22.2 Å². The van der Waals surface area contributed by atoms with E-state index >= 15 is 0 Å². The largest absolute Gasteiger partial charge is 0.248 e. The topological polar surface area (TPSA) is 50.3 Å². The first kappa shape index (κ1) is 17.2. The molecule has 8 heteroatoms. The Morgan fingerprint density at radius 2 is 1.96 bits per heavy atom. The first-order chi connectivity index (χ1) is 11.0. The molecule has 1 aliphatic heterocycles. The molecule has 0 N–H and O–H groups in total. The highest BCUT2D eigenvalue weighted by molar-refractivity contribution is 7.88. The smallest absolute Gasteiger partial charge is 0.218 e. The van der Waals surface area contributed by atoms with Gasteiger partial charge >= 0.3 is 0 Å². The van der Waals surface area contributed by atoms with Crippen LogP contribution in [0.4, 0.5) is 0 Å². The minimum absolute atomic E-state index is 0.102. The molecule has 1 aromatic heterocycles. The summed E-state index contributed by atoms with van der Waals surface area (Å²) in [7, 11) is -3.46. The third-order valence-electron chi connectivity index (χ3n) is 3.82. The van der Waals surface area contributed by atoms with Gasteiger partial charge in [-0.05, 0) is 36.6 Å². The van der Waals surface area contributed by atoms with E-state index in [1.54, 1.807) is 28.7 Å². The zero-order chi connectivity index (χ0) is 16.4. The van der Waals surface area contributed by atoms with E-state index in [1.165, 1.54) is 11.3 Å². The molecule has 2 heterocycles. The average Bonchev–Trinajstić information content (AvgIpc) is 2.99. The summed E-state index contributed by atoms with van der Waals surface area (Å²) in [5.41, 5.74) is 0.603. The Morgan fingerprint density at radius 1 is 1.22 bits per heavy atom. The Hall–Kier alpha value is -0.660. The molecule has 0 aliphatic carbocycles. The lowest BCUT2D eigenvalue weighted by atomic mass is 10.1. The third kappa shape index (κ3) is 4.06. The zero-order valence-electron chi connectivity index (χ0n) is 12.3.